The van der Waals surface area contributed by atoms with Crippen LogP contribution in [-0.4, -0.2) is 76.9 Å². The SMILES string of the molecule is Cc1cccc(-c2ncc(CN3CCC[C@@H](CCC(=O)N(C)C4CCN(C)CC4)C3)cn2)c1. The van der Waals surface area contributed by atoms with Crippen molar-refractivity contribution in [2.45, 2.75) is 58.0 Å². The van der Waals surface area contributed by atoms with Crippen molar-refractivity contribution < 1.29 is 4.79 Å². The molecule has 6 nitrogen and oxygen atoms in total. The van der Waals surface area contributed by atoms with E-state index in [1.54, 1.807) is 0 Å². The third-order valence-corrected chi connectivity index (χ3v) is 7.39. The van der Waals surface area contributed by atoms with Gasteiger partial charge in [0, 0.05) is 56.1 Å². The van der Waals surface area contributed by atoms with Crippen LogP contribution < -0.4 is 0 Å². The van der Waals surface area contributed by atoms with Gasteiger partial charge in [-0.2, -0.15) is 0 Å². The number of aromatic nitrogens is 2. The Bertz CT molecular complexity index is 907. The standard InChI is InChI=1S/C27H39N5O/c1-21-6-4-8-24(16-21)27-28-17-23(18-29-27)20-32-13-5-7-22(19-32)9-10-26(33)31(3)25-11-14-30(2)15-12-25/h4,6,8,16-18,22,25H,5,7,9-15,19-20H2,1-3H3/t22-/m0/s1. The van der Waals surface area contributed by atoms with Crippen LogP contribution in [0.25, 0.3) is 11.4 Å². The lowest BCUT2D eigenvalue weighted by molar-refractivity contribution is -0.133. The predicted octanol–water partition coefficient (Wildman–Crippen LogP) is 4.00. The maximum absolute atomic E-state index is 12.8. The molecule has 0 N–H and O–H groups in total. The zero-order valence-electron chi connectivity index (χ0n) is 20.5. The lowest BCUT2D eigenvalue weighted by atomic mass is 9.92. The second-order valence-electron chi connectivity index (χ2n) is 10.1. The molecule has 3 heterocycles. The number of carbonyl (C=O) groups is 1. The first-order valence-corrected chi connectivity index (χ1v) is 12.5. The minimum Gasteiger partial charge on any atom is -0.343 e. The quantitative estimate of drug-likeness (QED) is 0.640. The Morgan fingerprint density at radius 3 is 2.61 bits per heavy atom. The van der Waals surface area contributed by atoms with Gasteiger partial charge in [0.15, 0.2) is 5.82 Å². The van der Waals surface area contributed by atoms with Crippen molar-refractivity contribution in [3.05, 3.63) is 47.8 Å². The van der Waals surface area contributed by atoms with Crippen molar-refractivity contribution in [2.24, 2.45) is 5.92 Å². The van der Waals surface area contributed by atoms with Gasteiger partial charge in [-0.25, -0.2) is 9.97 Å². The first-order valence-electron chi connectivity index (χ1n) is 12.5. The van der Waals surface area contributed by atoms with Gasteiger partial charge in [0.2, 0.25) is 5.91 Å². The van der Waals surface area contributed by atoms with Crippen molar-refractivity contribution in [1.82, 2.24) is 24.7 Å². The first-order chi connectivity index (χ1) is 16.0. The summed E-state index contributed by atoms with van der Waals surface area (Å²) in [4.78, 5) is 28.9. The number of aryl methyl sites for hydroxylation is 1. The molecule has 2 saturated heterocycles. The van der Waals surface area contributed by atoms with Crippen molar-refractivity contribution >= 4 is 5.91 Å². The number of rotatable bonds is 7. The van der Waals surface area contributed by atoms with Crippen LogP contribution in [0, 0.1) is 12.8 Å². The van der Waals surface area contributed by atoms with Gasteiger partial charge in [0.25, 0.3) is 0 Å². The van der Waals surface area contributed by atoms with E-state index in [4.69, 9.17) is 0 Å². The molecule has 0 spiro atoms. The van der Waals surface area contributed by atoms with Crippen LogP contribution in [0.4, 0.5) is 0 Å². The topological polar surface area (TPSA) is 52.6 Å². The zero-order chi connectivity index (χ0) is 23.2. The molecule has 4 rings (SSSR count). The van der Waals surface area contributed by atoms with Gasteiger partial charge in [-0.3, -0.25) is 9.69 Å². The van der Waals surface area contributed by atoms with E-state index in [-0.39, 0.29) is 0 Å². The monoisotopic (exact) mass is 449 g/mol. The predicted molar refractivity (Wildman–Crippen MR) is 133 cm³/mol. The van der Waals surface area contributed by atoms with Gasteiger partial charge < -0.3 is 9.80 Å². The molecule has 1 aromatic heterocycles. The van der Waals surface area contributed by atoms with Crippen LogP contribution in [0.1, 0.15) is 49.7 Å². The summed E-state index contributed by atoms with van der Waals surface area (Å²) in [6.07, 6.45) is 10.2. The lowest BCUT2D eigenvalue weighted by Crippen LogP contribution is -2.44. The van der Waals surface area contributed by atoms with E-state index in [1.165, 1.54) is 18.4 Å². The molecule has 2 aliphatic rings. The number of carbonyl (C=O) groups excluding carboxylic acids is 1. The molecular weight excluding hydrogens is 410 g/mol. The average Bonchev–Trinajstić information content (AvgIpc) is 2.83. The first kappa shape index (κ1) is 23.8. The van der Waals surface area contributed by atoms with Gasteiger partial charge >= 0.3 is 0 Å². The van der Waals surface area contributed by atoms with Crippen molar-refractivity contribution in [1.29, 1.82) is 0 Å². The minimum absolute atomic E-state index is 0.321. The van der Waals surface area contributed by atoms with Crippen LogP contribution in [0.15, 0.2) is 36.7 Å². The van der Waals surface area contributed by atoms with Crippen molar-refractivity contribution in [3.8, 4) is 11.4 Å². The summed E-state index contributed by atoms with van der Waals surface area (Å²) in [5.41, 5.74) is 3.44. The van der Waals surface area contributed by atoms with E-state index < -0.39 is 0 Å². The molecule has 178 valence electrons. The van der Waals surface area contributed by atoms with Gasteiger partial charge in [-0.15, -0.1) is 0 Å². The van der Waals surface area contributed by atoms with Crippen LogP contribution in [0.5, 0.6) is 0 Å². The van der Waals surface area contributed by atoms with E-state index in [2.05, 4.69) is 51.9 Å². The number of piperidine rings is 2. The number of hydrogen-bond donors (Lipinski definition) is 0. The Kier molecular flexibility index (Phi) is 8.10. The van der Waals surface area contributed by atoms with Crippen LogP contribution in [0.2, 0.25) is 0 Å². The number of hydrogen-bond acceptors (Lipinski definition) is 5. The molecular formula is C27H39N5O. The summed E-state index contributed by atoms with van der Waals surface area (Å²) in [5.74, 6) is 1.70. The fraction of sp³-hybridized carbons (Fsp3) is 0.593. The summed E-state index contributed by atoms with van der Waals surface area (Å²) in [6, 6.07) is 8.73. The fourth-order valence-electron chi connectivity index (χ4n) is 5.25. The van der Waals surface area contributed by atoms with Crippen LogP contribution in [-0.2, 0) is 11.3 Å². The molecule has 0 unspecified atom stereocenters. The normalized spacial score (nSPS) is 20.6. The third-order valence-electron chi connectivity index (χ3n) is 7.39. The van der Waals surface area contributed by atoms with E-state index in [1.807, 2.05) is 30.4 Å². The Balaban J connectivity index is 1.24. The van der Waals surface area contributed by atoms with E-state index >= 15 is 0 Å². The largest absolute Gasteiger partial charge is 0.343 e. The number of benzene rings is 1. The second kappa shape index (κ2) is 11.2. The Morgan fingerprint density at radius 2 is 1.88 bits per heavy atom. The molecule has 0 saturated carbocycles. The lowest BCUT2D eigenvalue weighted by Gasteiger charge is -2.36. The zero-order valence-corrected chi connectivity index (χ0v) is 20.5. The maximum atomic E-state index is 12.8. The summed E-state index contributed by atoms with van der Waals surface area (Å²) >= 11 is 0. The smallest absolute Gasteiger partial charge is 0.222 e. The van der Waals surface area contributed by atoms with Gasteiger partial charge in [-0.05, 0) is 77.7 Å². The van der Waals surface area contributed by atoms with E-state index in [0.717, 1.165) is 68.9 Å². The van der Waals surface area contributed by atoms with Crippen molar-refractivity contribution in [2.75, 3.05) is 40.3 Å². The van der Waals surface area contributed by atoms with Gasteiger partial charge in [0.05, 0.1) is 0 Å². The highest BCUT2D eigenvalue weighted by atomic mass is 16.2. The summed E-state index contributed by atoms with van der Waals surface area (Å²) < 4.78 is 0. The van der Waals surface area contributed by atoms with E-state index in [0.29, 0.717) is 24.3 Å². The Labute approximate surface area is 199 Å². The Morgan fingerprint density at radius 1 is 1.12 bits per heavy atom. The van der Waals surface area contributed by atoms with E-state index in [9.17, 15) is 4.79 Å². The highest BCUT2D eigenvalue weighted by molar-refractivity contribution is 5.76. The molecule has 0 radical (unpaired) electrons. The molecule has 1 atom stereocenters. The van der Waals surface area contributed by atoms with Crippen molar-refractivity contribution in [3.63, 3.8) is 0 Å². The molecule has 2 fully saturated rings. The molecule has 2 aromatic rings. The Hall–Kier alpha value is -2.31. The molecule has 33 heavy (non-hydrogen) atoms. The number of likely N-dealkylation sites (tertiary alicyclic amines) is 2. The third kappa shape index (κ3) is 6.61. The highest BCUT2D eigenvalue weighted by Gasteiger charge is 2.26. The molecule has 1 aromatic carbocycles. The number of amides is 1. The number of nitrogens with zero attached hydrogens (tertiary/aromatic N) is 5. The second-order valence-corrected chi connectivity index (χ2v) is 10.1. The molecule has 1 amide bonds. The molecule has 6 heteroatoms. The summed E-state index contributed by atoms with van der Waals surface area (Å²) in [5, 5.41) is 0. The minimum atomic E-state index is 0.321. The molecule has 2 aliphatic heterocycles. The summed E-state index contributed by atoms with van der Waals surface area (Å²) in [7, 11) is 4.17. The maximum Gasteiger partial charge on any atom is 0.222 e. The van der Waals surface area contributed by atoms with Crippen LogP contribution in [0.3, 0.4) is 0 Å². The fourth-order valence-corrected chi connectivity index (χ4v) is 5.25. The average molecular weight is 450 g/mol. The summed E-state index contributed by atoms with van der Waals surface area (Å²) in [6.45, 7) is 7.33. The molecule has 0 aliphatic carbocycles. The highest BCUT2D eigenvalue weighted by Crippen LogP contribution is 2.24. The van der Waals surface area contributed by atoms with Gasteiger partial charge in [-0.1, -0.05) is 23.8 Å². The molecule has 0 bridgehead atoms. The van der Waals surface area contributed by atoms with Crippen LogP contribution >= 0.6 is 0 Å². The van der Waals surface area contributed by atoms with Gasteiger partial charge in [0.1, 0.15) is 0 Å².